The number of rotatable bonds is 2. The fourth-order valence-corrected chi connectivity index (χ4v) is 1.09. The SMILES string of the molecule is C[C@H](O)/C=C/c1ccc(Br)cc1. The first kappa shape index (κ1) is 9.49. The molecule has 0 aromatic heterocycles. The topological polar surface area (TPSA) is 20.2 Å². The molecule has 0 heterocycles. The molecule has 0 aliphatic heterocycles. The quantitative estimate of drug-likeness (QED) is 0.823. The average Bonchev–Trinajstić information content (AvgIpc) is 2.03. The molecule has 0 aliphatic carbocycles. The second-order valence-electron chi connectivity index (χ2n) is 2.65. The van der Waals surface area contributed by atoms with Gasteiger partial charge in [0.05, 0.1) is 6.10 Å². The van der Waals surface area contributed by atoms with E-state index >= 15 is 0 Å². The maximum atomic E-state index is 8.97. The normalized spacial score (nSPS) is 13.6. The van der Waals surface area contributed by atoms with Gasteiger partial charge in [-0.3, -0.25) is 0 Å². The van der Waals surface area contributed by atoms with E-state index in [1.807, 2.05) is 30.3 Å². The second kappa shape index (κ2) is 4.43. The van der Waals surface area contributed by atoms with Crippen molar-refractivity contribution in [3.05, 3.63) is 40.4 Å². The van der Waals surface area contributed by atoms with Crippen molar-refractivity contribution in [2.24, 2.45) is 0 Å². The van der Waals surface area contributed by atoms with E-state index in [-0.39, 0.29) is 6.10 Å². The Labute approximate surface area is 80.9 Å². The molecule has 0 aliphatic rings. The highest BCUT2D eigenvalue weighted by molar-refractivity contribution is 9.10. The van der Waals surface area contributed by atoms with Crippen LogP contribution in [0, 0.1) is 0 Å². The molecule has 12 heavy (non-hydrogen) atoms. The fraction of sp³-hybridized carbons (Fsp3) is 0.200. The van der Waals surface area contributed by atoms with Gasteiger partial charge in [0.2, 0.25) is 0 Å². The summed E-state index contributed by atoms with van der Waals surface area (Å²) in [7, 11) is 0. The highest BCUT2D eigenvalue weighted by atomic mass is 79.9. The van der Waals surface area contributed by atoms with E-state index in [0.29, 0.717) is 0 Å². The molecule has 0 unspecified atom stereocenters. The summed E-state index contributed by atoms with van der Waals surface area (Å²) >= 11 is 3.35. The van der Waals surface area contributed by atoms with Crippen LogP contribution in [0.1, 0.15) is 12.5 Å². The van der Waals surface area contributed by atoms with Crippen LogP contribution in [-0.4, -0.2) is 11.2 Å². The lowest BCUT2D eigenvalue weighted by molar-refractivity contribution is 0.245. The molecule has 0 saturated carbocycles. The van der Waals surface area contributed by atoms with Gasteiger partial charge in [0, 0.05) is 4.47 Å². The van der Waals surface area contributed by atoms with Crippen LogP contribution in [-0.2, 0) is 0 Å². The zero-order chi connectivity index (χ0) is 8.97. The van der Waals surface area contributed by atoms with Crippen LogP contribution in [0.2, 0.25) is 0 Å². The molecule has 1 nitrogen and oxygen atoms in total. The first-order valence-electron chi connectivity index (χ1n) is 3.80. The van der Waals surface area contributed by atoms with Crippen molar-refractivity contribution in [3.8, 4) is 0 Å². The Kier molecular flexibility index (Phi) is 3.50. The van der Waals surface area contributed by atoms with E-state index < -0.39 is 0 Å². The molecule has 64 valence electrons. The Bertz CT molecular complexity index is 262. The van der Waals surface area contributed by atoms with E-state index in [2.05, 4.69) is 15.9 Å². The van der Waals surface area contributed by atoms with E-state index in [4.69, 9.17) is 5.11 Å². The molecule has 0 radical (unpaired) electrons. The summed E-state index contributed by atoms with van der Waals surface area (Å²) < 4.78 is 1.07. The molecule has 0 bridgehead atoms. The highest BCUT2D eigenvalue weighted by Crippen LogP contribution is 2.11. The van der Waals surface area contributed by atoms with Gasteiger partial charge in [-0.2, -0.15) is 0 Å². The van der Waals surface area contributed by atoms with Gasteiger partial charge >= 0.3 is 0 Å². The van der Waals surface area contributed by atoms with Crippen LogP contribution in [0.15, 0.2) is 34.8 Å². The zero-order valence-electron chi connectivity index (χ0n) is 6.87. The minimum absolute atomic E-state index is 0.381. The van der Waals surface area contributed by atoms with Crippen LogP contribution in [0.4, 0.5) is 0 Å². The maximum absolute atomic E-state index is 8.97. The van der Waals surface area contributed by atoms with Crippen LogP contribution < -0.4 is 0 Å². The van der Waals surface area contributed by atoms with Crippen molar-refractivity contribution in [1.29, 1.82) is 0 Å². The van der Waals surface area contributed by atoms with E-state index in [1.165, 1.54) is 0 Å². The Hall–Kier alpha value is -0.600. The van der Waals surface area contributed by atoms with Crippen molar-refractivity contribution in [1.82, 2.24) is 0 Å². The third-order valence-electron chi connectivity index (χ3n) is 1.44. The van der Waals surface area contributed by atoms with Crippen LogP contribution in [0.25, 0.3) is 6.08 Å². The molecule has 1 N–H and O–H groups in total. The van der Waals surface area contributed by atoms with E-state index in [0.717, 1.165) is 10.0 Å². The standard InChI is InChI=1S/C10H11BrO/c1-8(12)2-3-9-4-6-10(11)7-5-9/h2-8,12H,1H3/b3-2+/t8-/m0/s1. The Morgan fingerprint density at radius 1 is 1.33 bits per heavy atom. The van der Waals surface area contributed by atoms with E-state index in [9.17, 15) is 0 Å². The summed E-state index contributed by atoms with van der Waals surface area (Å²) in [6, 6.07) is 7.93. The lowest BCUT2D eigenvalue weighted by atomic mass is 10.2. The van der Waals surface area contributed by atoms with Gasteiger partial charge in [0.25, 0.3) is 0 Å². The molecule has 0 saturated heterocycles. The van der Waals surface area contributed by atoms with Crippen molar-refractivity contribution < 1.29 is 5.11 Å². The van der Waals surface area contributed by atoms with Crippen LogP contribution >= 0.6 is 15.9 Å². The molecule has 0 spiro atoms. The van der Waals surface area contributed by atoms with Crippen molar-refractivity contribution >= 4 is 22.0 Å². The van der Waals surface area contributed by atoms with Gasteiger partial charge in [-0.25, -0.2) is 0 Å². The third-order valence-corrected chi connectivity index (χ3v) is 1.97. The summed E-state index contributed by atoms with van der Waals surface area (Å²) in [6.45, 7) is 1.73. The Morgan fingerprint density at radius 3 is 2.42 bits per heavy atom. The van der Waals surface area contributed by atoms with Gasteiger partial charge in [0.1, 0.15) is 0 Å². The number of aliphatic hydroxyl groups excluding tert-OH is 1. The monoisotopic (exact) mass is 226 g/mol. The lowest BCUT2D eigenvalue weighted by Gasteiger charge is -1.95. The summed E-state index contributed by atoms with van der Waals surface area (Å²) in [6.07, 6.45) is 3.27. The molecule has 0 amide bonds. The molecular weight excluding hydrogens is 216 g/mol. The smallest absolute Gasteiger partial charge is 0.0696 e. The second-order valence-corrected chi connectivity index (χ2v) is 3.57. The molecule has 1 rings (SSSR count). The molecule has 1 aromatic rings. The van der Waals surface area contributed by atoms with Gasteiger partial charge in [-0.15, -0.1) is 0 Å². The minimum atomic E-state index is -0.381. The fourth-order valence-electron chi connectivity index (χ4n) is 0.824. The molecule has 2 heteroatoms. The number of hydrogen-bond donors (Lipinski definition) is 1. The van der Waals surface area contributed by atoms with Crippen LogP contribution in [0.5, 0.6) is 0 Å². The average molecular weight is 227 g/mol. The number of aliphatic hydroxyl groups is 1. The predicted octanol–water partition coefficient (Wildman–Crippen LogP) is 2.84. The molecule has 1 aromatic carbocycles. The summed E-state index contributed by atoms with van der Waals surface area (Å²) in [5.41, 5.74) is 1.10. The van der Waals surface area contributed by atoms with Crippen molar-refractivity contribution in [2.75, 3.05) is 0 Å². The number of hydrogen-bond acceptors (Lipinski definition) is 1. The third kappa shape index (κ3) is 3.20. The van der Waals surface area contributed by atoms with Gasteiger partial charge in [0.15, 0.2) is 0 Å². The van der Waals surface area contributed by atoms with Gasteiger partial charge in [-0.05, 0) is 24.6 Å². The Morgan fingerprint density at radius 2 is 1.92 bits per heavy atom. The zero-order valence-corrected chi connectivity index (χ0v) is 8.45. The predicted molar refractivity (Wildman–Crippen MR) is 54.9 cm³/mol. The first-order chi connectivity index (χ1) is 5.68. The van der Waals surface area contributed by atoms with Crippen LogP contribution in [0.3, 0.4) is 0 Å². The number of benzene rings is 1. The summed E-state index contributed by atoms with van der Waals surface area (Å²) in [4.78, 5) is 0. The largest absolute Gasteiger partial charge is 0.389 e. The van der Waals surface area contributed by atoms with Gasteiger partial charge in [-0.1, -0.05) is 40.2 Å². The summed E-state index contributed by atoms with van der Waals surface area (Å²) in [5, 5.41) is 8.97. The van der Waals surface area contributed by atoms with E-state index in [1.54, 1.807) is 13.0 Å². The maximum Gasteiger partial charge on any atom is 0.0696 e. The molecule has 1 atom stereocenters. The molecular formula is C10H11BrO. The lowest BCUT2D eigenvalue weighted by Crippen LogP contribution is -1.90. The first-order valence-corrected chi connectivity index (χ1v) is 4.59. The highest BCUT2D eigenvalue weighted by Gasteiger charge is 1.88. The number of halogens is 1. The Balaban J connectivity index is 2.71. The summed E-state index contributed by atoms with van der Waals surface area (Å²) in [5.74, 6) is 0. The van der Waals surface area contributed by atoms with Gasteiger partial charge < -0.3 is 5.11 Å². The molecule has 0 fully saturated rings. The van der Waals surface area contributed by atoms with Crippen molar-refractivity contribution in [3.63, 3.8) is 0 Å². The minimum Gasteiger partial charge on any atom is -0.389 e. The van der Waals surface area contributed by atoms with Crippen molar-refractivity contribution in [2.45, 2.75) is 13.0 Å².